The molecule has 0 bridgehead atoms. The molecule has 2 aliphatic rings. The van der Waals surface area contributed by atoms with E-state index in [1.807, 2.05) is 0 Å². The lowest BCUT2D eigenvalue weighted by Gasteiger charge is -2.32. The first-order valence-electron chi connectivity index (χ1n) is 7.16. The zero-order chi connectivity index (χ0) is 14.1. The summed E-state index contributed by atoms with van der Waals surface area (Å²) in [7, 11) is 0. The Labute approximate surface area is 126 Å². The van der Waals surface area contributed by atoms with E-state index in [2.05, 4.69) is 26.1 Å². The molecule has 108 valence electrons. The number of halogens is 2. The van der Waals surface area contributed by atoms with Crippen molar-refractivity contribution in [1.82, 2.24) is 10.2 Å². The van der Waals surface area contributed by atoms with Crippen molar-refractivity contribution in [3.63, 3.8) is 0 Å². The third kappa shape index (κ3) is 2.61. The molecule has 0 aliphatic carbocycles. The summed E-state index contributed by atoms with van der Waals surface area (Å²) in [6, 6.07) is 5.18. The maximum atomic E-state index is 13.8. The van der Waals surface area contributed by atoms with Gasteiger partial charge in [0.05, 0.1) is 5.56 Å². The van der Waals surface area contributed by atoms with Crippen LogP contribution >= 0.6 is 15.9 Å². The summed E-state index contributed by atoms with van der Waals surface area (Å²) in [6.07, 6.45) is 4.55. The van der Waals surface area contributed by atoms with Crippen LogP contribution in [-0.4, -0.2) is 36.0 Å². The molecule has 0 radical (unpaired) electrons. The smallest absolute Gasteiger partial charge is 0.255 e. The van der Waals surface area contributed by atoms with E-state index in [0.717, 1.165) is 25.9 Å². The molecule has 2 heterocycles. The Bertz CT molecular complexity index is 502. The second-order valence-electron chi connectivity index (χ2n) is 5.56. The van der Waals surface area contributed by atoms with E-state index >= 15 is 0 Å². The van der Waals surface area contributed by atoms with E-state index in [1.165, 1.54) is 18.9 Å². The molecule has 1 amide bonds. The van der Waals surface area contributed by atoms with Crippen LogP contribution in [0.3, 0.4) is 0 Å². The fourth-order valence-corrected chi connectivity index (χ4v) is 3.89. The molecule has 2 fully saturated rings. The van der Waals surface area contributed by atoms with Crippen molar-refractivity contribution in [1.29, 1.82) is 0 Å². The second-order valence-corrected chi connectivity index (χ2v) is 6.42. The minimum atomic E-state index is -0.477. The largest absolute Gasteiger partial charge is 0.348 e. The highest BCUT2D eigenvalue weighted by molar-refractivity contribution is 9.10. The summed E-state index contributed by atoms with van der Waals surface area (Å²) in [5.74, 6) is -0.789. The van der Waals surface area contributed by atoms with Gasteiger partial charge in [0.25, 0.3) is 5.91 Å². The average molecular weight is 341 g/mol. The molecule has 3 rings (SSSR count). The first-order valence-corrected chi connectivity index (χ1v) is 7.95. The topological polar surface area (TPSA) is 32.3 Å². The molecule has 1 N–H and O–H groups in total. The molecule has 20 heavy (non-hydrogen) atoms. The van der Waals surface area contributed by atoms with Crippen molar-refractivity contribution in [2.45, 2.75) is 37.8 Å². The van der Waals surface area contributed by atoms with Gasteiger partial charge in [-0.25, -0.2) is 4.39 Å². The van der Waals surface area contributed by atoms with Crippen molar-refractivity contribution in [2.24, 2.45) is 0 Å². The number of benzene rings is 1. The summed E-state index contributed by atoms with van der Waals surface area (Å²) in [5.41, 5.74) is 0.113. The van der Waals surface area contributed by atoms with E-state index in [1.54, 1.807) is 12.1 Å². The summed E-state index contributed by atoms with van der Waals surface area (Å²) >= 11 is 3.25. The van der Waals surface area contributed by atoms with Crippen molar-refractivity contribution in [2.75, 3.05) is 13.1 Å². The maximum absolute atomic E-state index is 13.8. The normalized spacial score (nSPS) is 26.3. The Balaban J connectivity index is 1.73. The van der Waals surface area contributed by atoms with Crippen molar-refractivity contribution in [3.8, 4) is 0 Å². The molecular weight excluding hydrogens is 323 g/mol. The first kappa shape index (κ1) is 14.0. The lowest BCUT2D eigenvalue weighted by Crippen LogP contribution is -2.47. The van der Waals surface area contributed by atoms with Crippen LogP contribution in [0.2, 0.25) is 0 Å². The predicted molar refractivity (Wildman–Crippen MR) is 79.2 cm³/mol. The molecule has 1 aromatic carbocycles. The molecule has 0 aromatic heterocycles. The second kappa shape index (κ2) is 5.82. The van der Waals surface area contributed by atoms with E-state index in [9.17, 15) is 9.18 Å². The quantitative estimate of drug-likeness (QED) is 0.897. The minimum absolute atomic E-state index is 0.113. The number of hydrogen-bond acceptors (Lipinski definition) is 2. The van der Waals surface area contributed by atoms with Gasteiger partial charge in [0, 0.05) is 23.1 Å². The fourth-order valence-electron chi connectivity index (χ4n) is 3.37. The van der Waals surface area contributed by atoms with Gasteiger partial charge in [-0.2, -0.15) is 0 Å². The van der Waals surface area contributed by atoms with Gasteiger partial charge in [0.2, 0.25) is 0 Å². The maximum Gasteiger partial charge on any atom is 0.255 e. The van der Waals surface area contributed by atoms with E-state index in [-0.39, 0.29) is 17.5 Å². The molecule has 2 aliphatic heterocycles. The highest BCUT2D eigenvalue weighted by atomic mass is 79.9. The van der Waals surface area contributed by atoms with Gasteiger partial charge in [-0.3, -0.25) is 9.69 Å². The summed E-state index contributed by atoms with van der Waals surface area (Å²) in [6.45, 7) is 2.16. The Morgan fingerprint density at radius 2 is 2.15 bits per heavy atom. The number of amides is 1. The molecule has 0 spiro atoms. The highest BCUT2D eigenvalue weighted by Crippen LogP contribution is 2.28. The monoisotopic (exact) mass is 340 g/mol. The van der Waals surface area contributed by atoms with Gasteiger partial charge in [-0.05, 0) is 53.9 Å². The molecule has 2 unspecified atom stereocenters. The number of nitrogens with one attached hydrogen (secondary N) is 1. The van der Waals surface area contributed by atoms with Crippen LogP contribution in [0, 0.1) is 5.82 Å². The Morgan fingerprint density at radius 1 is 1.30 bits per heavy atom. The Hall–Kier alpha value is -0.940. The Morgan fingerprint density at radius 3 is 2.95 bits per heavy atom. The summed E-state index contributed by atoms with van der Waals surface area (Å²) in [4.78, 5) is 14.8. The molecule has 1 aromatic rings. The zero-order valence-electron chi connectivity index (χ0n) is 11.2. The van der Waals surface area contributed by atoms with Crippen molar-refractivity contribution < 1.29 is 9.18 Å². The molecular formula is C15H18BrFN2O. The van der Waals surface area contributed by atoms with Crippen molar-refractivity contribution >= 4 is 21.8 Å². The lowest BCUT2D eigenvalue weighted by atomic mass is 9.99. The predicted octanol–water partition coefficient (Wildman–Crippen LogP) is 2.94. The third-order valence-corrected chi connectivity index (χ3v) is 5.02. The van der Waals surface area contributed by atoms with Crippen molar-refractivity contribution in [3.05, 3.63) is 34.1 Å². The van der Waals surface area contributed by atoms with Crippen LogP contribution in [0.15, 0.2) is 22.7 Å². The lowest BCUT2D eigenvalue weighted by molar-refractivity contribution is 0.0910. The van der Waals surface area contributed by atoms with Gasteiger partial charge in [0.15, 0.2) is 0 Å². The SMILES string of the molecule is O=C(NC1CCN2CCCCC12)c1c(F)cccc1Br. The molecule has 3 nitrogen and oxygen atoms in total. The molecule has 0 saturated carbocycles. The molecule has 2 saturated heterocycles. The third-order valence-electron chi connectivity index (χ3n) is 4.36. The van der Waals surface area contributed by atoms with E-state index in [4.69, 9.17) is 0 Å². The first-order chi connectivity index (χ1) is 9.66. The van der Waals surface area contributed by atoms with Crippen LogP contribution in [-0.2, 0) is 0 Å². The number of fused-ring (bicyclic) bond motifs is 1. The van der Waals surface area contributed by atoms with Crippen LogP contribution in [0.1, 0.15) is 36.0 Å². The number of carbonyl (C=O) groups excluding carboxylic acids is 1. The number of hydrogen-bond donors (Lipinski definition) is 1. The minimum Gasteiger partial charge on any atom is -0.348 e. The standard InChI is InChI=1S/C15H18BrFN2O/c16-10-4-3-5-11(17)14(10)15(20)18-12-7-9-19-8-2-1-6-13(12)19/h3-5,12-13H,1-2,6-9H2,(H,18,20). The van der Waals surface area contributed by atoms with Crippen LogP contribution in [0.4, 0.5) is 4.39 Å². The number of carbonyl (C=O) groups is 1. The van der Waals surface area contributed by atoms with Crippen LogP contribution in [0.25, 0.3) is 0 Å². The fraction of sp³-hybridized carbons (Fsp3) is 0.533. The number of nitrogens with zero attached hydrogens (tertiary/aromatic N) is 1. The highest BCUT2D eigenvalue weighted by Gasteiger charge is 2.36. The van der Waals surface area contributed by atoms with E-state index < -0.39 is 5.82 Å². The summed E-state index contributed by atoms with van der Waals surface area (Å²) in [5, 5.41) is 3.03. The summed E-state index contributed by atoms with van der Waals surface area (Å²) < 4.78 is 14.3. The van der Waals surface area contributed by atoms with Gasteiger partial charge >= 0.3 is 0 Å². The van der Waals surface area contributed by atoms with Gasteiger partial charge in [-0.1, -0.05) is 12.5 Å². The molecule has 2 atom stereocenters. The van der Waals surface area contributed by atoms with Crippen LogP contribution in [0.5, 0.6) is 0 Å². The van der Waals surface area contributed by atoms with Gasteiger partial charge in [-0.15, -0.1) is 0 Å². The number of piperidine rings is 1. The average Bonchev–Trinajstić information content (AvgIpc) is 2.82. The Kier molecular flexibility index (Phi) is 4.08. The van der Waals surface area contributed by atoms with E-state index in [0.29, 0.717) is 10.5 Å². The zero-order valence-corrected chi connectivity index (χ0v) is 12.8. The van der Waals surface area contributed by atoms with Crippen LogP contribution < -0.4 is 5.32 Å². The van der Waals surface area contributed by atoms with Gasteiger partial charge in [0.1, 0.15) is 5.82 Å². The molecule has 5 heteroatoms. The number of rotatable bonds is 2. The van der Waals surface area contributed by atoms with Gasteiger partial charge < -0.3 is 5.32 Å².